The second-order valence-electron chi connectivity index (χ2n) is 9.32. The van der Waals surface area contributed by atoms with Crippen LogP contribution in [0.3, 0.4) is 0 Å². The summed E-state index contributed by atoms with van der Waals surface area (Å²) in [6.07, 6.45) is 17.2. The molecule has 0 spiro atoms. The van der Waals surface area contributed by atoms with Crippen molar-refractivity contribution < 1.29 is 27.4 Å². The Hall–Kier alpha value is -4.89. The molecule has 1 aromatic rings. The normalized spacial score (nSPS) is 17.5. The molecular formula is C33H39F3N6O3. The summed E-state index contributed by atoms with van der Waals surface area (Å²) in [4.78, 5) is 26.3. The van der Waals surface area contributed by atoms with Gasteiger partial charge in [-0.1, -0.05) is 43.7 Å². The lowest BCUT2D eigenvalue weighted by atomic mass is 9.91. The summed E-state index contributed by atoms with van der Waals surface area (Å²) in [6.45, 7) is 6.06. The quantitative estimate of drug-likeness (QED) is 0.0991. The lowest BCUT2D eigenvalue weighted by Gasteiger charge is -2.28. The standard InChI is InChI=1S/C33H39F3N6O3/c1-8-12-27(39-21-43)30(26(35)10-3)40-33-38-20-24-14-13-22(31(37-5)42(16-9-2)32(24)41-33)18-25(23(19-34)15-17-44-6)29(36)28(11-4)45-7/h2,10-15,20-22H,3,8,16-19H2,1,4-7H3,(H,39,43)(H,38,40,41)/b23-15+,27-12+,28-11+,29-25+,30-26-,37-31-. The second kappa shape index (κ2) is 18.7. The van der Waals surface area contributed by atoms with Gasteiger partial charge in [-0.25, -0.2) is 18.2 Å². The average molecular weight is 625 g/mol. The number of hydrogen-bond acceptors (Lipinski definition) is 7. The van der Waals surface area contributed by atoms with Gasteiger partial charge in [0, 0.05) is 31.8 Å². The van der Waals surface area contributed by atoms with Crippen LogP contribution in [-0.4, -0.2) is 63.3 Å². The fourth-order valence-corrected chi connectivity index (χ4v) is 4.56. The largest absolute Gasteiger partial charge is 0.494 e. The molecule has 1 atom stereocenters. The van der Waals surface area contributed by atoms with Crippen LogP contribution >= 0.6 is 0 Å². The fourth-order valence-electron chi connectivity index (χ4n) is 4.56. The number of fused-ring (bicyclic) bond motifs is 1. The maximum Gasteiger partial charge on any atom is 0.229 e. The number of alkyl halides is 1. The minimum atomic E-state index is -0.943. The van der Waals surface area contributed by atoms with Crippen molar-refractivity contribution in [1.82, 2.24) is 15.3 Å². The molecule has 0 fully saturated rings. The Kier molecular flexibility index (Phi) is 15.1. The predicted octanol–water partition coefficient (Wildman–Crippen LogP) is 6.11. The number of anilines is 2. The molecule has 1 aromatic heterocycles. The van der Waals surface area contributed by atoms with Gasteiger partial charge in [0.25, 0.3) is 0 Å². The summed E-state index contributed by atoms with van der Waals surface area (Å²) in [5, 5.41) is 5.31. The van der Waals surface area contributed by atoms with E-state index in [2.05, 4.69) is 38.1 Å². The molecule has 45 heavy (non-hydrogen) atoms. The van der Waals surface area contributed by atoms with Crippen LogP contribution in [0.2, 0.25) is 0 Å². The molecule has 1 aliphatic rings. The third-order valence-corrected chi connectivity index (χ3v) is 6.61. The Morgan fingerprint density at radius 2 is 2.07 bits per heavy atom. The van der Waals surface area contributed by atoms with Gasteiger partial charge in [0.05, 0.1) is 26.0 Å². The molecule has 0 aromatic carbocycles. The molecule has 1 amide bonds. The Morgan fingerprint density at radius 3 is 2.62 bits per heavy atom. The number of nitrogens with zero attached hydrogens (tertiary/aromatic N) is 4. The van der Waals surface area contributed by atoms with Crippen molar-refractivity contribution in [2.75, 3.05) is 51.3 Å². The van der Waals surface area contributed by atoms with Gasteiger partial charge in [-0.15, -0.1) is 6.42 Å². The molecule has 2 heterocycles. The summed E-state index contributed by atoms with van der Waals surface area (Å²) in [5.41, 5.74) is 0.797. The van der Waals surface area contributed by atoms with E-state index in [1.165, 1.54) is 32.6 Å². The van der Waals surface area contributed by atoms with Crippen LogP contribution in [-0.2, 0) is 14.3 Å². The summed E-state index contributed by atoms with van der Waals surface area (Å²) in [7, 11) is 4.34. The first-order valence-electron chi connectivity index (χ1n) is 14.0. The van der Waals surface area contributed by atoms with Crippen molar-refractivity contribution in [3.05, 3.63) is 88.7 Å². The number of ether oxygens (including phenoxy) is 2. The maximum atomic E-state index is 15.9. The van der Waals surface area contributed by atoms with Crippen molar-refractivity contribution in [2.24, 2.45) is 10.9 Å². The van der Waals surface area contributed by atoms with Gasteiger partial charge < -0.3 is 25.0 Å². The van der Waals surface area contributed by atoms with E-state index in [9.17, 15) is 13.6 Å². The number of halogens is 3. The summed E-state index contributed by atoms with van der Waals surface area (Å²) in [5.74, 6) is 1.25. The van der Waals surface area contributed by atoms with E-state index in [1.807, 2.05) is 6.92 Å². The summed E-state index contributed by atoms with van der Waals surface area (Å²) in [6, 6.07) is 0. The highest BCUT2D eigenvalue weighted by molar-refractivity contribution is 6.03. The van der Waals surface area contributed by atoms with Crippen LogP contribution in [0.25, 0.3) is 6.08 Å². The number of aromatic nitrogens is 2. The molecule has 240 valence electrons. The predicted molar refractivity (Wildman–Crippen MR) is 173 cm³/mol. The molecule has 0 radical (unpaired) electrons. The number of rotatable bonds is 16. The van der Waals surface area contributed by atoms with Gasteiger partial charge in [-0.2, -0.15) is 4.98 Å². The average Bonchev–Trinajstić information content (AvgIpc) is 3.19. The number of amidine groups is 1. The number of carbonyl (C=O) groups is 1. The minimum absolute atomic E-state index is 0.00793. The number of terminal acetylenes is 1. The second-order valence-corrected chi connectivity index (χ2v) is 9.32. The van der Waals surface area contributed by atoms with E-state index < -0.39 is 24.2 Å². The van der Waals surface area contributed by atoms with Gasteiger partial charge >= 0.3 is 0 Å². The van der Waals surface area contributed by atoms with Gasteiger partial charge in [-0.3, -0.25) is 9.79 Å². The van der Waals surface area contributed by atoms with Crippen molar-refractivity contribution in [3.63, 3.8) is 0 Å². The summed E-state index contributed by atoms with van der Waals surface area (Å²) >= 11 is 0. The van der Waals surface area contributed by atoms with Crippen LogP contribution in [0, 0.1) is 18.3 Å². The Labute approximate surface area is 262 Å². The minimum Gasteiger partial charge on any atom is -0.494 e. The molecule has 9 nitrogen and oxygen atoms in total. The third-order valence-electron chi connectivity index (χ3n) is 6.61. The Morgan fingerprint density at radius 1 is 1.31 bits per heavy atom. The number of amides is 1. The number of nitrogens with one attached hydrogen (secondary N) is 2. The molecular weight excluding hydrogens is 585 g/mol. The van der Waals surface area contributed by atoms with E-state index in [0.717, 1.165) is 6.08 Å². The zero-order chi connectivity index (χ0) is 33.4. The van der Waals surface area contributed by atoms with Crippen molar-refractivity contribution in [2.45, 2.75) is 26.7 Å². The van der Waals surface area contributed by atoms with Crippen LogP contribution in [0.15, 0.2) is 88.1 Å². The first kappa shape index (κ1) is 36.3. The van der Waals surface area contributed by atoms with Crippen molar-refractivity contribution in [3.8, 4) is 12.3 Å². The third kappa shape index (κ3) is 9.30. The molecule has 12 heteroatoms. The van der Waals surface area contributed by atoms with E-state index in [-0.39, 0.29) is 53.8 Å². The summed E-state index contributed by atoms with van der Waals surface area (Å²) < 4.78 is 55.4. The molecule has 0 bridgehead atoms. The molecule has 0 saturated heterocycles. The fraction of sp³-hybridized carbons (Fsp3) is 0.333. The lowest BCUT2D eigenvalue weighted by molar-refractivity contribution is -0.108. The SMILES string of the molecule is C#CCN1/C(=N\C)C(CC(/C(=C/COC)CF)=C(F)/C(=C\C)OC)C=Cc2cnc(NC(=C(\F)C=C)/C(=C\CC)NC=O)nc21. The number of allylic oxidation sites excluding steroid dienone is 7. The van der Waals surface area contributed by atoms with E-state index in [0.29, 0.717) is 30.0 Å². The zero-order valence-corrected chi connectivity index (χ0v) is 26.2. The van der Waals surface area contributed by atoms with Gasteiger partial charge in [0.1, 0.15) is 29.9 Å². The number of hydrogen-bond donors (Lipinski definition) is 2. The molecule has 0 saturated carbocycles. The van der Waals surface area contributed by atoms with Crippen LogP contribution in [0.5, 0.6) is 0 Å². The van der Waals surface area contributed by atoms with Gasteiger partial charge in [0.2, 0.25) is 12.4 Å². The molecule has 1 unspecified atom stereocenters. The monoisotopic (exact) mass is 624 g/mol. The van der Waals surface area contributed by atoms with Crippen LogP contribution in [0.4, 0.5) is 24.9 Å². The Balaban J connectivity index is 2.69. The first-order valence-corrected chi connectivity index (χ1v) is 14.0. The highest BCUT2D eigenvalue weighted by Crippen LogP contribution is 2.34. The van der Waals surface area contributed by atoms with Gasteiger partial charge in [0.15, 0.2) is 11.6 Å². The molecule has 0 aliphatic carbocycles. The topological polar surface area (TPSA) is 101 Å². The van der Waals surface area contributed by atoms with Gasteiger partial charge in [-0.05, 0) is 43.1 Å². The van der Waals surface area contributed by atoms with E-state index in [1.54, 1.807) is 37.1 Å². The van der Waals surface area contributed by atoms with Crippen LogP contribution < -0.4 is 15.5 Å². The smallest absolute Gasteiger partial charge is 0.229 e. The van der Waals surface area contributed by atoms with E-state index in [4.69, 9.17) is 15.9 Å². The zero-order valence-electron chi connectivity index (χ0n) is 26.2. The van der Waals surface area contributed by atoms with E-state index >= 15 is 4.39 Å². The van der Waals surface area contributed by atoms with Crippen molar-refractivity contribution >= 4 is 30.1 Å². The number of carbonyl (C=O) groups excluding carboxylic acids is 1. The maximum absolute atomic E-state index is 15.9. The number of aliphatic imine (C=N–C) groups is 1. The number of methoxy groups -OCH3 is 2. The molecule has 2 rings (SSSR count). The lowest BCUT2D eigenvalue weighted by Crippen LogP contribution is -2.37. The van der Waals surface area contributed by atoms with Crippen molar-refractivity contribution in [1.29, 1.82) is 0 Å². The molecule has 1 aliphatic heterocycles. The molecule has 2 N–H and O–H groups in total. The Bertz CT molecular complexity index is 1480. The highest BCUT2D eigenvalue weighted by atomic mass is 19.1. The van der Waals surface area contributed by atoms with Crippen LogP contribution in [0.1, 0.15) is 32.3 Å². The first-order chi connectivity index (χ1) is 21.8. The highest BCUT2D eigenvalue weighted by Gasteiger charge is 2.30.